The number of nitriles is 1. The normalized spacial score (nSPS) is 27.4. The fraction of sp³-hybridized carbons (Fsp3) is 0.643. The summed E-state index contributed by atoms with van der Waals surface area (Å²) in [5.41, 5.74) is 0. The first kappa shape index (κ1) is 15.5. The Balaban J connectivity index is 2.93. The van der Waals surface area contributed by atoms with Crippen molar-refractivity contribution in [1.29, 1.82) is 5.26 Å². The van der Waals surface area contributed by atoms with E-state index in [9.17, 15) is 14.9 Å². The lowest BCUT2D eigenvalue weighted by Crippen LogP contribution is -2.34. The first-order valence-electron chi connectivity index (χ1n) is 6.37. The summed E-state index contributed by atoms with van der Waals surface area (Å²) in [6.07, 6.45) is 3.07. The Morgan fingerprint density at radius 2 is 2.26 bits per heavy atom. The van der Waals surface area contributed by atoms with Gasteiger partial charge < -0.3 is 9.47 Å². The summed E-state index contributed by atoms with van der Waals surface area (Å²) < 4.78 is 9.67. The summed E-state index contributed by atoms with van der Waals surface area (Å²) in [7, 11) is 1.31. The van der Waals surface area contributed by atoms with Gasteiger partial charge in [-0.3, -0.25) is 9.59 Å². The van der Waals surface area contributed by atoms with E-state index in [-0.39, 0.29) is 12.5 Å². The number of hydrogen-bond donors (Lipinski definition) is 0. The Morgan fingerprint density at radius 3 is 2.74 bits per heavy atom. The van der Waals surface area contributed by atoms with Crippen molar-refractivity contribution < 1.29 is 19.1 Å². The third kappa shape index (κ3) is 3.25. The molecule has 1 aliphatic carbocycles. The van der Waals surface area contributed by atoms with Crippen LogP contribution in [0.3, 0.4) is 0 Å². The number of nitrogens with zero attached hydrogens (tertiary/aromatic N) is 1. The van der Waals surface area contributed by atoms with E-state index >= 15 is 0 Å². The first-order chi connectivity index (χ1) is 9.10. The van der Waals surface area contributed by atoms with Gasteiger partial charge in [-0.25, -0.2) is 0 Å². The molecule has 5 nitrogen and oxygen atoms in total. The molecule has 4 unspecified atom stereocenters. The molecule has 0 bridgehead atoms. The van der Waals surface area contributed by atoms with Crippen molar-refractivity contribution in [2.45, 2.75) is 19.8 Å². The first-order valence-corrected chi connectivity index (χ1v) is 6.37. The average molecular weight is 265 g/mol. The van der Waals surface area contributed by atoms with Crippen molar-refractivity contribution in [3.63, 3.8) is 0 Å². The molecule has 0 aromatic rings. The molecule has 1 fully saturated rings. The number of carbonyl (C=O) groups is 2. The standard InChI is InChI=1S/C14H19NO4/c1-4-9-6-7-10(12(9)14(17)18-3)11(8-15)13(16)19-5-2/h7,9-12H,1,4-6H2,2-3H3. The highest BCUT2D eigenvalue weighted by Crippen LogP contribution is 2.43. The minimum atomic E-state index is -0.958. The molecule has 0 spiro atoms. The second-order valence-corrected chi connectivity index (χ2v) is 4.51. The van der Waals surface area contributed by atoms with Gasteiger partial charge in [0.2, 0.25) is 0 Å². The van der Waals surface area contributed by atoms with E-state index in [1.165, 1.54) is 7.11 Å². The largest absolute Gasteiger partial charge is 0.469 e. The molecule has 0 saturated heterocycles. The lowest BCUT2D eigenvalue weighted by molar-refractivity contribution is -0.152. The maximum absolute atomic E-state index is 11.9. The molecule has 0 N–H and O–H groups in total. The van der Waals surface area contributed by atoms with Gasteiger partial charge in [0, 0.05) is 5.92 Å². The molecule has 1 rings (SSSR count). The van der Waals surface area contributed by atoms with Crippen LogP contribution < -0.4 is 0 Å². The Hall–Kier alpha value is -1.57. The third-order valence-electron chi connectivity index (χ3n) is 3.54. The van der Waals surface area contributed by atoms with Gasteiger partial charge in [0.25, 0.3) is 0 Å². The molecule has 0 aromatic carbocycles. The zero-order valence-electron chi connectivity index (χ0n) is 11.3. The van der Waals surface area contributed by atoms with E-state index < -0.39 is 29.7 Å². The van der Waals surface area contributed by atoms with Crippen molar-refractivity contribution in [2.24, 2.45) is 23.7 Å². The van der Waals surface area contributed by atoms with Crippen molar-refractivity contribution in [1.82, 2.24) is 0 Å². The maximum atomic E-state index is 11.9. The second-order valence-electron chi connectivity index (χ2n) is 4.51. The molecular weight excluding hydrogens is 246 g/mol. The number of rotatable bonds is 5. The summed E-state index contributed by atoms with van der Waals surface area (Å²) in [4.78, 5) is 23.6. The molecular formula is C14H19NO4. The minimum Gasteiger partial charge on any atom is -0.469 e. The van der Waals surface area contributed by atoms with Gasteiger partial charge in [-0.05, 0) is 32.1 Å². The van der Waals surface area contributed by atoms with Gasteiger partial charge in [0.05, 0.1) is 25.7 Å². The molecule has 0 amide bonds. The quantitative estimate of drug-likeness (QED) is 0.705. The van der Waals surface area contributed by atoms with Crippen LogP contribution in [0.15, 0.2) is 0 Å². The highest BCUT2D eigenvalue weighted by Gasteiger charge is 2.47. The van der Waals surface area contributed by atoms with Gasteiger partial charge in [-0.2, -0.15) is 5.26 Å². The van der Waals surface area contributed by atoms with Crippen molar-refractivity contribution in [2.75, 3.05) is 13.7 Å². The van der Waals surface area contributed by atoms with E-state index in [0.29, 0.717) is 12.8 Å². The SMILES string of the molecule is [CH2]CC1C[CH]C(C(C#N)C(=O)OCC)C1C(=O)OC. The third-order valence-corrected chi connectivity index (χ3v) is 3.54. The number of carbonyl (C=O) groups excluding carboxylic acids is 2. The van der Waals surface area contributed by atoms with Crippen LogP contribution in [0.5, 0.6) is 0 Å². The smallest absolute Gasteiger partial charge is 0.323 e. The van der Waals surface area contributed by atoms with Crippen LogP contribution >= 0.6 is 0 Å². The molecule has 5 heteroatoms. The molecule has 104 valence electrons. The monoisotopic (exact) mass is 265 g/mol. The van der Waals surface area contributed by atoms with Crippen LogP contribution in [-0.2, 0) is 19.1 Å². The Morgan fingerprint density at radius 1 is 1.58 bits per heavy atom. The van der Waals surface area contributed by atoms with Gasteiger partial charge >= 0.3 is 11.9 Å². The lowest BCUT2D eigenvalue weighted by Gasteiger charge is -2.23. The molecule has 0 aromatic heterocycles. The van der Waals surface area contributed by atoms with E-state index in [1.807, 2.05) is 12.5 Å². The molecule has 1 aliphatic rings. The predicted molar refractivity (Wildman–Crippen MR) is 67.1 cm³/mol. The van der Waals surface area contributed by atoms with E-state index in [0.717, 1.165) is 0 Å². The molecule has 2 radical (unpaired) electrons. The van der Waals surface area contributed by atoms with Gasteiger partial charge in [-0.1, -0.05) is 6.92 Å². The number of hydrogen-bond acceptors (Lipinski definition) is 5. The predicted octanol–water partition coefficient (Wildman–Crippen LogP) is 1.54. The van der Waals surface area contributed by atoms with Crippen LogP contribution in [0, 0.1) is 48.3 Å². The lowest BCUT2D eigenvalue weighted by atomic mass is 9.80. The fourth-order valence-corrected chi connectivity index (χ4v) is 2.59. The molecule has 4 atom stereocenters. The van der Waals surface area contributed by atoms with Crippen LogP contribution in [-0.4, -0.2) is 25.7 Å². The van der Waals surface area contributed by atoms with Crippen LogP contribution in [0.1, 0.15) is 19.8 Å². The Kier molecular flexibility index (Phi) is 5.81. The van der Waals surface area contributed by atoms with E-state index in [2.05, 4.69) is 6.92 Å². The molecule has 19 heavy (non-hydrogen) atoms. The van der Waals surface area contributed by atoms with Crippen LogP contribution in [0.25, 0.3) is 0 Å². The maximum Gasteiger partial charge on any atom is 0.323 e. The topological polar surface area (TPSA) is 76.4 Å². The molecule has 1 saturated carbocycles. The van der Waals surface area contributed by atoms with E-state index in [1.54, 1.807) is 6.92 Å². The van der Waals surface area contributed by atoms with Gasteiger partial charge in [0.1, 0.15) is 5.92 Å². The average Bonchev–Trinajstić information content (AvgIpc) is 2.82. The Labute approximate surface area is 113 Å². The highest BCUT2D eigenvalue weighted by atomic mass is 16.5. The number of ether oxygens (including phenoxy) is 2. The zero-order chi connectivity index (χ0) is 14.4. The minimum absolute atomic E-state index is 0.0164. The summed E-state index contributed by atoms with van der Waals surface area (Å²) in [5, 5.41) is 9.18. The van der Waals surface area contributed by atoms with Gasteiger partial charge in [-0.15, -0.1) is 0 Å². The van der Waals surface area contributed by atoms with Crippen LogP contribution in [0.4, 0.5) is 0 Å². The summed E-state index contributed by atoms with van der Waals surface area (Å²) >= 11 is 0. The second kappa shape index (κ2) is 7.13. The molecule has 0 aliphatic heterocycles. The number of esters is 2. The van der Waals surface area contributed by atoms with Crippen molar-refractivity contribution in [3.8, 4) is 6.07 Å². The van der Waals surface area contributed by atoms with Crippen molar-refractivity contribution in [3.05, 3.63) is 13.3 Å². The van der Waals surface area contributed by atoms with Crippen molar-refractivity contribution >= 4 is 11.9 Å². The Bertz CT molecular complexity index is 374. The summed E-state index contributed by atoms with van der Waals surface area (Å²) in [6.45, 7) is 5.70. The summed E-state index contributed by atoms with van der Waals surface area (Å²) in [6, 6.07) is 1.95. The molecule has 0 heterocycles. The van der Waals surface area contributed by atoms with Crippen LogP contribution in [0.2, 0.25) is 0 Å². The summed E-state index contributed by atoms with van der Waals surface area (Å²) in [5.74, 6) is -2.86. The fourth-order valence-electron chi connectivity index (χ4n) is 2.59. The van der Waals surface area contributed by atoms with Gasteiger partial charge in [0.15, 0.2) is 0 Å². The number of methoxy groups -OCH3 is 1. The highest BCUT2D eigenvalue weighted by molar-refractivity contribution is 5.79. The zero-order valence-corrected chi connectivity index (χ0v) is 11.3. The van der Waals surface area contributed by atoms with E-state index in [4.69, 9.17) is 9.47 Å².